The van der Waals surface area contributed by atoms with E-state index in [1.165, 1.54) is 0 Å². The minimum Gasteiger partial charge on any atom is -0.456 e. The van der Waals surface area contributed by atoms with Gasteiger partial charge in [0.15, 0.2) is 11.6 Å². The Labute approximate surface area is 100.0 Å². The number of hydrogen-bond donors (Lipinski definition) is 1. The van der Waals surface area contributed by atoms with Crippen molar-refractivity contribution in [2.45, 2.75) is 33.2 Å². The molecule has 0 fully saturated rings. The molecule has 1 unspecified atom stereocenters. The third-order valence-electron chi connectivity index (χ3n) is 2.68. The van der Waals surface area contributed by atoms with Gasteiger partial charge in [-0.25, -0.2) is 0 Å². The monoisotopic (exact) mass is 235 g/mol. The zero-order valence-electron chi connectivity index (χ0n) is 10.3. The topological polar surface area (TPSA) is 78.1 Å². The van der Waals surface area contributed by atoms with Gasteiger partial charge in [-0.1, -0.05) is 25.9 Å². The quantitative estimate of drug-likeness (QED) is 0.881. The standard InChI is InChI=1S/C12H17N3O2/c1-4-8-5-6-9(16-8)12-14-11(15-17-12)10(13)7(2)3/h5-7,10H,4,13H2,1-3H3. The fourth-order valence-electron chi connectivity index (χ4n) is 1.45. The first-order valence-corrected chi connectivity index (χ1v) is 5.80. The van der Waals surface area contributed by atoms with Crippen LogP contribution in [0.2, 0.25) is 0 Å². The molecule has 0 saturated heterocycles. The van der Waals surface area contributed by atoms with Gasteiger partial charge < -0.3 is 14.7 Å². The molecule has 2 aromatic heterocycles. The van der Waals surface area contributed by atoms with Gasteiger partial charge in [0.25, 0.3) is 5.89 Å². The summed E-state index contributed by atoms with van der Waals surface area (Å²) in [6.07, 6.45) is 0.840. The zero-order valence-corrected chi connectivity index (χ0v) is 10.3. The molecule has 2 heterocycles. The molecule has 2 aromatic rings. The van der Waals surface area contributed by atoms with Gasteiger partial charge in [0.1, 0.15) is 5.76 Å². The van der Waals surface area contributed by atoms with Crippen molar-refractivity contribution in [2.75, 3.05) is 0 Å². The molecular formula is C12H17N3O2. The summed E-state index contributed by atoms with van der Waals surface area (Å²) in [5.74, 6) is 2.66. The Morgan fingerprint density at radius 1 is 1.35 bits per heavy atom. The van der Waals surface area contributed by atoms with Crippen molar-refractivity contribution >= 4 is 0 Å². The zero-order chi connectivity index (χ0) is 12.4. The van der Waals surface area contributed by atoms with E-state index in [0.717, 1.165) is 12.2 Å². The highest BCUT2D eigenvalue weighted by molar-refractivity contribution is 5.44. The van der Waals surface area contributed by atoms with Gasteiger partial charge in [-0.2, -0.15) is 4.98 Å². The first-order chi connectivity index (χ1) is 8.11. The van der Waals surface area contributed by atoms with Crippen LogP contribution in [0, 0.1) is 5.92 Å². The SMILES string of the molecule is CCc1ccc(-c2nc(C(N)C(C)C)no2)o1. The van der Waals surface area contributed by atoms with Crippen molar-refractivity contribution < 1.29 is 8.94 Å². The van der Waals surface area contributed by atoms with Crippen LogP contribution in [0.5, 0.6) is 0 Å². The van der Waals surface area contributed by atoms with Crippen molar-refractivity contribution in [3.05, 3.63) is 23.7 Å². The molecule has 17 heavy (non-hydrogen) atoms. The molecule has 0 spiro atoms. The number of aryl methyl sites for hydroxylation is 1. The van der Waals surface area contributed by atoms with Crippen LogP contribution in [0.25, 0.3) is 11.7 Å². The molecule has 0 aromatic carbocycles. The fraction of sp³-hybridized carbons (Fsp3) is 0.500. The summed E-state index contributed by atoms with van der Waals surface area (Å²) in [6.45, 7) is 6.06. The first-order valence-electron chi connectivity index (χ1n) is 5.80. The predicted molar refractivity (Wildman–Crippen MR) is 63.1 cm³/mol. The fourth-order valence-corrected chi connectivity index (χ4v) is 1.45. The second kappa shape index (κ2) is 4.71. The van der Waals surface area contributed by atoms with Gasteiger partial charge >= 0.3 is 0 Å². The van der Waals surface area contributed by atoms with E-state index in [9.17, 15) is 0 Å². The lowest BCUT2D eigenvalue weighted by atomic mass is 10.1. The lowest BCUT2D eigenvalue weighted by Gasteiger charge is -2.09. The Hall–Kier alpha value is -1.62. The number of hydrogen-bond acceptors (Lipinski definition) is 5. The highest BCUT2D eigenvalue weighted by atomic mass is 16.5. The van der Waals surface area contributed by atoms with E-state index in [2.05, 4.69) is 10.1 Å². The minimum absolute atomic E-state index is 0.215. The van der Waals surface area contributed by atoms with Gasteiger partial charge in [0.2, 0.25) is 0 Å². The van der Waals surface area contributed by atoms with E-state index in [4.69, 9.17) is 14.7 Å². The van der Waals surface area contributed by atoms with Gasteiger partial charge in [-0.05, 0) is 18.1 Å². The van der Waals surface area contributed by atoms with Crippen LogP contribution in [0.3, 0.4) is 0 Å². The molecule has 0 aliphatic rings. The molecule has 5 nitrogen and oxygen atoms in total. The summed E-state index contributed by atoms with van der Waals surface area (Å²) in [4.78, 5) is 4.25. The first kappa shape index (κ1) is 11.9. The molecule has 2 rings (SSSR count). The largest absolute Gasteiger partial charge is 0.456 e. The molecule has 0 aliphatic carbocycles. The lowest BCUT2D eigenvalue weighted by Crippen LogP contribution is -2.18. The summed E-state index contributed by atoms with van der Waals surface area (Å²) in [5, 5.41) is 3.88. The van der Waals surface area contributed by atoms with E-state index >= 15 is 0 Å². The molecule has 5 heteroatoms. The lowest BCUT2D eigenvalue weighted by molar-refractivity contribution is 0.389. The summed E-state index contributed by atoms with van der Waals surface area (Å²) in [5.41, 5.74) is 5.94. The number of nitrogens with zero attached hydrogens (tertiary/aromatic N) is 2. The van der Waals surface area contributed by atoms with E-state index in [1.807, 2.05) is 32.9 Å². The summed E-state index contributed by atoms with van der Waals surface area (Å²) < 4.78 is 10.7. The third-order valence-corrected chi connectivity index (χ3v) is 2.68. The smallest absolute Gasteiger partial charge is 0.293 e. The Bertz CT molecular complexity index is 487. The molecule has 0 aliphatic heterocycles. The average Bonchev–Trinajstić information content (AvgIpc) is 2.96. The van der Waals surface area contributed by atoms with Crippen LogP contribution in [0.1, 0.15) is 38.4 Å². The molecule has 0 amide bonds. The molecule has 0 bridgehead atoms. The Balaban J connectivity index is 2.23. The Morgan fingerprint density at radius 2 is 2.12 bits per heavy atom. The molecule has 0 radical (unpaired) electrons. The van der Waals surface area contributed by atoms with Crippen molar-refractivity contribution in [3.63, 3.8) is 0 Å². The number of nitrogens with two attached hydrogens (primary N) is 1. The van der Waals surface area contributed by atoms with E-state index in [-0.39, 0.29) is 12.0 Å². The van der Waals surface area contributed by atoms with Crippen LogP contribution in [-0.2, 0) is 6.42 Å². The van der Waals surface area contributed by atoms with Crippen LogP contribution in [0.15, 0.2) is 21.1 Å². The number of aromatic nitrogens is 2. The second-order valence-electron chi connectivity index (χ2n) is 4.35. The number of furan rings is 1. The maximum Gasteiger partial charge on any atom is 0.293 e. The second-order valence-corrected chi connectivity index (χ2v) is 4.35. The maximum absolute atomic E-state index is 5.94. The van der Waals surface area contributed by atoms with Gasteiger partial charge in [-0.3, -0.25) is 0 Å². The molecule has 92 valence electrons. The number of rotatable bonds is 4. The Morgan fingerprint density at radius 3 is 2.71 bits per heavy atom. The minimum atomic E-state index is -0.215. The molecule has 1 atom stereocenters. The van der Waals surface area contributed by atoms with Gasteiger partial charge in [-0.15, -0.1) is 0 Å². The summed E-state index contributed by atoms with van der Waals surface area (Å²) in [6, 6.07) is 3.52. The molecule has 0 saturated carbocycles. The van der Waals surface area contributed by atoms with E-state index < -0.39 is 0 Å². The molecular weight excluding hydrogens is 218 g/mol. The highest BCUT2D eigenvalue weighted by Gasteiger charge is 2.19. The van der Waals surface area contributed by atoms with Crippen LogP contribution < -0.4 is 5.73 Å². The maximum atomic E-state index is 5.94. The van der Waals surface area contributed by atoms with Crippen molar-refractivity contribution in [1.82, 2.24) is 10.1 Å². The van der Waals surface area contributed by atoms with E-state index in [0.29, 0.717) is 17.5 Å². The van der Waals surface area contributed by atoms with Crippen LogP contribution >= 0.6 is 0 Å². The van der Waals surface area contributed by atoms with Crippen molar-refractivity contribution in [3.8, 4) is 11.7 Å². The van der Waals surface area contributed by atoms with Gasteiger partial charge in [0.05, 0.1) is 6.04 Å². The summed E-state index contributed by atoms with van der Waals surface area (Å²) >= 11 is 0. The Kier molecular flexibility index (Phi) is 3.28. The highest BCUT2D eigenvalue weighted by Crippen LogP contribution is 2.23. The average molecular weight is 235 g/mol. The molecule has 2 N–H and O–H groups in total. The summed E-state index contributed by atoms with van der Waals surface area (Å²) in [7, 11) is 0. The van der Waals surface area contributed by atoms with Crippen LogP contribution in [0.4, 0.5) is 0 Å². The van der Waals surface area contributed by atoms with Crippen molar-refractivity contribution in [1.29, 1.82) is 0 Å². The van der Waals surface area contributed by atoms with Crippen molar-refractivity contribution in [2.24, 2.45) is 11.7 Å². The van der Waals surface area contributed by atoms with E-state index in [1.54, 1.807) is 0 Å². The van der Waals surface area contributed by atoms with Gasteiger partial charge in [0, 0.05) is 6.42 Å². The normalized spacial score (nSPS) is 13.2. The third kappa shape index (κ3) is 2.39. The van der Waals surface area contributed by atoms with Crippen LogP contribution in [-0.4, -0.2) is 10.1 Å². The predicted octanol–water partition coefficient (Wildman–Crippen LogP) is 2.55.